The van der Waals surface area contributed by atoms with Crippen molar-refractivity contribution in [3.05, 3.63) is 173 Å². The van der Waals surface area contributed by atoms with Gasteiger partial charge < -0.3 is 18.9 Å². The van der Waals surface area contributed by atoms with Crippen LogP contribution in [-0.2, 0) is 65.4 Å². The van der Waals surface area contributed by atoms with Gasteiger partial charge in [-0.25, -0.2) is 4.57 Å². The Balaban J connectivity index is 1.33. The molecular formula is C44H49O8P. The monoisotopic (exact) mass is 736 g/mol. The minimum Gasteiger partial charge on any atom is -0.497 e. The molecule has 6 unspecified atom stereocenters. The van der Waals surface area contributed by atoms with Crippen LogP contribution in [0.2, 0.25) is 0 Å². The zero-order chi connectivity index (χ0) is 36.9. The maximum absolute atomic E-state index is 14.8. The van der Waals surface area contributed by atoms with Crippen molar-refractivity contribution < 1.29 is 37.1 Å². The van der Waals surface area contributed by atoms with Crippen molar-refractivity contribution in [1.82, 2.24) is 0 Å². The first-order valence-electron chi connectivity index (χ1n) is 18.1. The lowest BCUT2D eigenvalue weighted by atomic mass is 9.74. The lowest BCUT2D eigenvalue weighted by molar-refractivity contribution is -0.230. The van der Waals surface area contributed by atoms with Crippen molar-refractivity contribution in [2.45, 2.75) is 71.3 Å². The van der Waals surface area contributed by atoms with E-state index in [2.05, 4.69) is 13.8 Å². The van der Waals surface area contributed by atoms with E-state index < -0.39 is 26.1 Å². The molecule has 1 fully saturated rings. The molecule has 9 heteroatoms. The molecule has 1 aliphatic rings. The summed E-state index contributed by atoms with van der Waals surface area (Å²) in [7, 11) is -2.56. The van der Waals surface area contributed by atoms with Crippen LogP contribution < -0.4 is 4.74 Å². The van der Waals surface area contributed by atoms with Crippen LogP contribution in [0.25, 0.3) is 0 Å². The molecule has 278 valence electrons. The summed E-state index contributed by atoms with van der Waals surface area (Å²) in [6, 6.07) is 46.9. The fraction of sp³-hybridized carbons (Fsp3) is 0.318. The van der Waals surface area contributed by atoms with Gasteiger partial charge >= 0.3 is 7.82 Å². The predicted molar refractivity (Wildman–Crippen MR) is 205 cm³/mol. The van der Waals surface area contributed by atoms with Gasteiger partial charge in [0.1, 0.15) is 24.1 Å². The Morgan fingerprint density at radius 2 is 0.774 bits per heavy atom. The Labute approximate surface area is 313 Å². The largest absolute Gasteiger partial charge is 0.497 e. The van der Waals surface area contributed by atoms with Crippen molar-refractivity contribution in [1.29, 1.82) is 0 Å². The Kier molecular flexibility index (Phi) is 14.0. The Morgan fingerprint density at radius 3 is 1.19 bits per heavy atom. The molecule has 0 spiro atoms. The Morgan fingerprint density at radius 1 is 0.434 bits per heavy atom. The third-order valence-corrected chi connectivity index (χ3v) is 11.1. The lowest BCUT2D eigenvalue weighted by Gasteiger charge is -2.49. The molecule has 0 bridgehead atoms. The van der Waals surface area contributed by atoms with Crippen molar-refractivity contribution in [3.8, 4) is 5.75 Å². The molecule has 0 aromatic heterocycles. The molecule has 0 saturated heterocycles. The summed E-state index contributed by atoms with van der Waals surface area (Å²) in [6.07, 6.45) is -2.46. The van der Waals surface area contributed by atoms with Crippen LogP contribution in [0.4, 0.5) is 0 Å². The second kappa shape index (κ2) is 19.3. The van der Waals surface area contributed by atoms with E-state index in [-0.39, 0.29) is 44.4 Å². The molecule has 0 radical (unpaired) electrons. The second-order valence-electron chi connectivity index (χ2n) is 13.4. The SMILES string of the molecule is COc1ccc(COC2C(OCc3ccccc3)C(C)C(C)C(OP(=O)(OCc3ccccc3)OCc3ccccc3)C2OCc2ccccc2)cc1. The summed E-state index contributed by atoms with van der Waals surface area (Å²) < 4.78 is 59.5. The third kappa shape index (κ3) is 11.0. The normalized spacial score (nSPS) is 21.6. The van der Waals surface area contributed by atoms with E-state index in [1.165, 1.54) is 0 Å². The standard InChI is InChI=1S/C44H49O8P/c1-33-34(2)42(52-53(45,50-31-37-20-12-6-13-21-37)51-32-38-22-14-7-15-23-38)44(49-29-36-18-10-5-11-19-36)43(41(33)47-28-35-16-8-4-9-17-35)48-30-39-24-26-40(46-3)27-25-39/h4-27,33-34,41-44H,28-32H2,1-3H3. The van der Waals surface area contributed by atoms with Gasteiger partial charge in [-0.15, -0.1) is 0 Å². The number of hydrogen-bond acceptors (Lipinski definition) is 8. The molecule has 1 saturated carbocycles. The van der Waals surface area contributed by atoms with Crippen molar-refractivity contribution in [3.63, 3.8) is 0 Å². The van der Waals surface area contributed by atoms with Crippen molar-refractivity contribution >= 4 is 7.82 Å². The average Bonchev–Trinajstić information content (AvgIpc) is 3.21. The molecule has 0 N–H and O–H groups in total. The van der Waals surface area contributed by atoms with Crippen LogP contribution in [0.5, 0.6) is 5.75 Å². The van der Waals surface area contributed by atoms with Crippen molar-refractivity contribution in [2.75, 3.05) is 7.11 Å². The number of ether oxygens (including phenoxy) is 4. The topological polar surface area (TPSA) is 81.7 Å². The second-order valence-corrected chi connectivity index (χ2v) is 15.0. The van der Waals surface area contributed by atoms with E-state index >= 15 is 0 Å². The van der Waals surface area contributed by atoms with Gasteiger partial charge in [-0.1, -0.05) is 147 Å². The minimum absolute atomic E-state index is 0.0410. The van der Waals surface area contributed by atoms with Gasteiger partial charge in [0.25, 0.3) is 0 Å². The number of rotatable bonds is 18. The van der Waals surface area contributed by atoms with Gasteiger partial charge in [-0.05, 0) is 51.8 Å². The molecule has 0 amide bonds. The number of phosphoric ester groups is 1. The average molecular weight is 737 g/mol. The number of benzene rings is 5. The molecule has 5 aromatic carbocycles. The molecule has 53 heavy (non-hydrogen) atoms. The van der Waals surface area contributed by atoms with Crippen LogP contribution in [0.3, 0.4) is 0 Å². The van der Waals surface area contributed by atoms with Gasteiger partial charge in [-0.3, -0.25) is 13.6 Å². The summed E-state index contributed by atoms with van der Waals surface area (Å²) in [5.41, 5.74) is 4.68. The highest BCUT2D eigenvalue weighted by molar-refractivity contribution is 7.48. The molecule has 0 heterocycles. The highest BCUT2D eigenvalue weighted by atomic mass is 31.2. The molecule has 1 aliphatic carbocycles. The Hall–Kier alpha value is -4.11. The summed E-state index contributed by atoms with van der Waals surface area (Å²) in [6.45, 7) is 5.23. The first-order chi connectivity index (χ1) is 25.9. The minimum atomic E-state index is -4.20. The molecule has 8 nitrogen and oxygen atoms in total. The van der Waals surface area contributed by atoms with Gasteiger partial charge in [0, 0.05) is 0 Å². The highest BCUT2D eigenvalue weighted by Crippen LogP contribution is 2.55. The van der Waals surface area contributed by atoms with E-state index in [0.717, 1.165) is 33.6 Å². The zero-order valence-electron chi connectivity index (χ0n) is 30.6. The van der Waals surface area contributed by atoms with Crippen LogP contribution in [0.1, 0.15) is 41.7 Å². The van der Waals surface area contributed by atoms with Crippen LogP contribution in [0.15, 0.2) is 146 Å². The fourth-order valence-electron chi connectivity index (χ4n) is 6.50. The van der Waals surface area contributed by atoms with Gasteiger partial charge in [0.15, 0.2) is 0 Å². The van der Waals surface area contributed by atoms with Crippen LogP contribution in [-0.4, -0.2) is 31.5 Å². The van der Waals surface area contributed by atoms with E-state index in [1.807, 2.05) is 146 Å². The summed E-state index contributed by atoms with van der Waals surface area (Å²) in [5, 5.41) is 0. The maximum Gasteiger partial charge on any atom is 0.475 e. The summed E-state index contributed by atoms with van der Waals surface area (Å²) >= 11 is 0. The first kappa shape index (κ1) is 38.6. The van der Waals surface area contributed by atoms with Gasteiger partial charge in [-0.2, -0.15) is 0 Å². The maximum atomic E-state index is 14.8. The van der Waals surface area contributed by atoms with Crippen LogP contribution >= 0.6 is 7.82 Å². The fourth-order valence-corrected chi connectivity index (χ4v) is 7.92. The van der Waals surface area contributed by atoms with Gasteiger partial charge in [0.2, 0.25) is 0 Å². The smallest absolute Gasteiger partial charge is 0.475 e. The number of hydrogen-bond donors (Lipinski definition) is 0. The van der Waals surface area contributed by atoms with Crippen LogP contribution in [0, 0.1) is 11.8 Å². The predicted octanol–water partition coefficient (Wildman–Crippen LogP) is 9.96. The van der Waals surface area contributed by atoms with E-state index in [0.29, 0.717) is 6.61 Å². The lowest BCUT2D eigenvalue weighted by Crippen LogP contribution is -2.60. The first-order valence-corrected chi connectivity index (χ1v) is 19.6. The number of methoxy groups -OCH3 is 1. The van der Waals surface area contributed by atoms with E-state index in [1.54, 1.807) is 7.11 Å². The molecule has 5 aromatic rings. The highest BCUT2D eigenvalue weighted by Gasteiger charge is 2.53. The quantitative estimate of drug-likeness (QED) is 0.0823. The van der Waals surface area contributed by atoms with E-state index in [9.17, 15) is 4.57 Å². The molecule has 0 aliphatic heterocycles. The number of phosphoric acid groups is 1. The third-order valence-electron chi connectivity index (χ3n) is 9.72. The Bertz CT molecular complexity index is 1780. The van der Waals surface area contributed by atoms with Crippen molar-refractivity contribution in [2.24, 2.45) is 11.8 Å². The van der Waals surface area contributed by atoms with Gasteiger partial charge in [0.05, 0.1) is 46.2 Å². The molecular weight excluding hydrogens is 687 g/mol. The molecule has 6 rings (SSSR count). The summed E-state index contributed by atoms with van der Waals surface area (Å²) in [5.74, 6) is 0.460. The van der Waals surface area contributed by atoms with E-state index in [4.69, 9.17) is 32.5 Å². The summed E-state index contributed by atoms with van der Waals surface area (Å²) in [4.78, 5) is 0. The molecule has 6 atom stereocenters. The zero-order valence-corrected chi connectivity index (χ0v) is 31.5.